The Kier molecular flexibility index (Phi) is 8.31. The third-order valence-corrected chi connectivity index (χ3v) is 8.11. The number of thioether (sulfide) groups is 1. The fourth-order valence-electron chi connectivity index (χ4n) is 4.92. The van der Waals surface area contributed by atoms with Crippen LogP contribution in [0.15, 0.2) is 102 Å². The van der Waals surface area contributed by atoms with Gasteiger partial charge in [0.05, 0.1) is 10.4 Å². The molecule has 0 saturated carbocycles. The number of aromatic nitrogens is 1. The second-order valence-electron chi connectivity index (χ2n) is 9.38. The highest BCUT2D eigenvalue weighted by Gasteiger charge is 2.24. The molecule has 0 aliphatic carbocycles. The minimum absolute atomic E-state index is 0.183. The number of fused-ring (bicyclic) bond motifs is 1. The van der Waals surface area contributed by atoms with Crippen LogP contribution in [0.3, 0.4) is 0 Å². The summed E-state index contributed by atoms with van der Waals surface area (Å²) in [6.07, 6.45) is 6.72. The Morgan fingerprint density at radius 2 is 1.78 bits per heavy atom. The van der Waals surface area contributed by atoms with E-state index in [1.165, 1.54) is 39.4 Å². The number of nitrogens with one attached hydrogen (secondary N) is 1. The molecule has 5 nitrogen and oxygen atoms in total. The highest BCUT2D eigenvalue weighted by Crippen LogP contribution is 2.43. The zero-order valence-corrected chi connectivity index (χ0v) is 21.5. The van der Waals surface area contributed by atoms with Crippen LogP contribution in [0.25, 0.3) is 10.9 Å². The smallest absolute Gasteiger partial charge is 0.280 e. The number of carbonyl (C=O) groups is 1. The van der Waals surface area contributed by atoms with Crippen LogP contribution in [-0.2, 0) is 24.3 Å². The molecule has 3 aromatic carbocycles. The van der Waals surface area contributed by atoms with Crippen LogP contribution in [0, 0.1) is 0 Å². The van der Waals surface area contributed by atoms with E-state index in [0.717, 1.165) is 44.4 Å². The largest absolute Gasteiger partial charge is 0.295 e. The molecule has 1 atom stereocenters. The normalized spacial score (nSPS) is 15.2. The van der Waals surface area contributed by atoms with Crippen molar-refractivity contribution in [2.45, 2.75) is 37.6 Å². The molecule has 0 spiro atoms. The highest BCUT2D eigenvalue weighted by molar-refractivity contribution is 8.04. The fourth-order valence-corrected chi connectivity index (χ4v) is 6.05. The van der Waals surface area contributed by atoms with E-state index in [-0.39, 0.29) is 5.25 Å². The van der Waals surface area contributed by atoms with Crippen molar-refractivity contribution in [3.63, 3.8) is 0 Å². The van der Waals surface area contributed by atoms with Crippen LogP contribution in [-0.4, -0.2) is 27.5 Å². The Morgan fingerprint density at radius 3 is 2.65 bits per heavy atom. The van der Waals surface area contributed by atoms with Crippen molar-refractivity contribution in [3.05, 3.63) is 124 Å². The van der Waals surface area contributed by atoms with Crippen molar-refractivity contribution in [1.82, 2.24) is 15.4 Å². The molecule has 4 aromatic rings. The number of hydroxylamine groups is 1. The summed E-state index contributed by atoms with van der Waals surface area (Å²) in [6, 6.07) is 29.8. The first-order valence-electron chi connectivity index (χ1n) is 12.7. The van der Waals surface area contributed by atoms with Gasteiger partial charge < -0.3 is 0 Å². The molecule has 5 rings (SSSR count). The number of rotatable bonds is 10. The summed E-state index contributed by atoms with van der Waals surface area (Å²) in [5, 5.41) is 10.3. The van der Waals surface area contributed by atoms with E-state index in [9.17, 15) is 4.79 Å². The van der Waals surface area contributed by atoms with Gasteiger partial charge in [-0.1, -0.05) is 78.9 Å². The Balaban J connectivity index is 1.32. The van der Waals surface area contributed by atoms with Gasteiger partial charge in [0.1, 0.15) is 0 Å². The lowest BCUT2D eigenvalue weighted by Crippen LogP contribution is -2.24. The van der Waals surface area contributed by atoms with Gasteiger partial charge in [0, 0.05) is 29.9 Å². The highest BCUT2D eigenvalue weighted by atomic mass is 32.2. The SMILES string of the molecule is O=C(NO)C1=CCC(c2cccc(CN(CCCc3ccccc3)Cc3ccnc4ccccc34)c2)S1. The summed E-state index contributed by atoms with van der Waals surface area (Å²) in [5.74, 6) is -0.433. The first-order valence-corrected chi connectivity index (χ1v) is 13.6. The van der Waals surface area contributed by atoms with Crippen LogP contribution >= 0.6 is 11.8 Å². The summed E-state index contributed by atoms with van der Waals surface area (Å²) in [4.78, 5) is 19.5. The molecule has 0 radical (unpaired) electrons. The Hall–Kier alpha value is -3.45. The number of allylic oxidation sites excluding steroid dienone is 1. The minimum atomic E-state index is -0.433. The van der Waals surface area contributed by atoms with Gasteiger partial charge in [0.15, 0.2) is 0 Å². The zero-order chi connectivity index (χ0) is 25.5. The summed E-state index contributed by atoms with van der Waals surface area (Å²) in [7, 11) is 0. The van der Waals surface area contributed by atoms with Crippen molar-refractivity contribution in [2.24, 2.45) is 0 Å². The van der Waals surface area contributed by atoms with Gasteiger partial charge in [-0.2, -0.15) is 0 Å². The molecular formula is C31H31N3O2S. The summed E-state index contributed by atoms with van der Waals surface area (Å²) >= 11 is 1.51. The van der Waals surface area contributed by atoms with E-state index in [1.807, 2.05) is 18.3 Å². The number of aryl methyl sites for hydroxylation is 1. The number of hydrogen-bond donors (Lipinski definition) is 2. The third kappa shape index (κ3) is 6.46. The van der Waals surface area contributed by atoms with Gasteiger partial charge in [0.25, 0.3) is 5.91 Å². The lowest BCUT2D eigenvalue weighted by Gasteiger charge is -2.24. The first kappa shape index (κ1) is 25.2. The van der Waals surface area contributed by atoms with Crippen molar-refractivity contribution in [3.8, 4) is 0 Å². The molecule has 2 N–H and O–H groups in total. The maximum atomic E-state index is 11.8. The van der Waals surface area contributed by atoms with E-state index >= 15 is 0 Å². The van der Waals surface area contributed by atoms with Crippen molar-refractivity contribution >= 4 is 28.6 Å². The summed E-state index contributed by atoms with van der Waals surface area (Å²) in [6.45, 7) is 2.67. The van der Waals surface area contributed by atoms with Crippen LogP contribution < -0.4 is 5.48 Å². The van der Waals surface area contributed by atoms with Crippen LogP contribution in [0.5, 0.6) is 0 Å². The maximum absolute atomic E-state index is 11.8. The standard InChI is InChI=1S/C31H31N3O2S/c35-31(33-36)30-16-15-29(37-30)25-12-6-10-24(20-25)21-34(19-7-11-23-8-2-1-3-9-23)22-26-17-18-32-28-14-5-4-13-27(26)28/h1-6,8-10,12-14,16-18,20,29,36H,7,11,15,19,21-22H2,(H,33,35). The maximum Gasteiger partial charge on any atom is 0.280 e. The molecular weight excluding hydrogens is 478 g/mol. The van der Waals surface area contributed by atoms with Gasteiger partial charge in [-0.25, -0.2) is 5.48 Å². The van der Waals surface area contributed by atoms with Gasteiger partial charge >= 0.3 is 0 Å². The summed E-state index contributed by atoms with van der Waals surface area (Å²) in [5.41, 5.74) is 7.90. The average molecular weight is 510 g/mol. The quantitative estimate of drug-likeness (QED) is 0.190. The number of amides is 1. The van der Waals surface area contributed by atoms with Crippen LogP contribution in [0.1, 0.15) is 40.3 Å². The topological polar surface area (TPSA) is 65.5 Å². The van der Waals surface area contributed by atoms with Crippen molar-refractivity contribution < 1.29 is 10.0 Å². The van der Waals surface area contributed by atoms with E-state index in [4.69, 9.17) is 5.21 Å². The second-order valence-corrected chi connectivity index (χ2v) is 10.6. The molecule has 37 heavy (non-hydrogen) atoms. The van der Waals surface area contributed by atoms with Gasteiger partial charge in [-0.05, 0) is 60.2 Å². The molecule has 0 saturated heterocycles. The monoisotopic (exact) mass is 509 g/mol. The minimum Gasteiger partial charge on any atom is -0.295 e. The Morgan fingerprint density at radius 1 is 0.973 bits per heavy atom. The third-order valence-electron chi connectivity index (χ3n) is 6.76. The van der Waals surface area contributed by atoms with Crippen molar-refractivity contribution in [1.29, 1.82) is 0 Å². The molecule has 188 valence electrons. The number of hydrogen-bond acceptors (Lipinski definition) is 5. The first-order chi connectivity index (χ1) is 18.2. The molecule has 6 heteroatoms. The predicted molar refractivity (Wildman–Crippen MR) is 150 cm³/mol. The Bertz CT molecular complexity index is 1380. The van der Waals surface area contributed by atoms with E-state index < -0.39 is 5.91 Å². The molecule has 1 aromatic heterocycles. The molecule has 2 heterocycles. The second kappa shape index (κ2) is 12.2. The molecule has 1 aliphatic heterocycles. The lowest BCUT2D eigenvalue weighted by atomic mass is 10.0. The molecule has 1 unspecified atom stereocenters. The fraction of sp³-hybridized carbons (Fsp3) is 0.226. The average Bonchev–Trinajstić information content (AvgIpc) is 3.44. The van der Waals surface area contributed by atoms with Crippen LogP contribution in [0.2, 0.25) is 0 Å². The van der Waals surface area contributed by atoms with Gasteiger partial charge in [-0.15, -0.1) is 11.8 Å². The molecule has 1 amide bonds. The van der Waals surface area contributed by atoms with E-state index in [0.29, 0.717) is 4.91 Å². The van der Waals surface area contributed by atoms with Gasteiger partial charge in [0.2, 0.25) is 0 Å². The van der Waals surface area contributed by atoms with Crippen molar-refractivity contribution in [2.75, 3.05) is 6.54 Å². The number of para-hydroxylation sites is 1. The van der Waals surface area contributed by atoms with Gasteiger partial charge in [-0.3, -0.25) is 19.9 Å². The number of nitrogens with zero attached hydrogens (tertiary/aromatic N) is 2. The predicted octanol–water partition coefficient (Wildman–Crippen LogP) is 6.44. The molecule has 0 fully saturated rings. The summed E-state index contributed by atoms with van der Waals surface area (Å²) < 4.78 is 0. The van der Waals surface area contributed by atoms with E-state index in [2.05, 4.69) is 88.7 Å². The lowest BCUT2D eigenvalue weighted by molar-refractivity contribution is -0.124. The molecule has 1 aliphatic rings. The Labute approximate surface area is 222 Å². The number of carbonyl (C=O) groups excluding carboxylic acids is 1. The zero-order valence-electron chi connectivity index (χ0n) is 20.7. The van der Waals surface area contributed by atoms with E-state index in [1.54, 1.807) is 5.48 Å². The number of benzene rings is 3. The molecule has 0 bridgehead atoms. The van der Waals surface area contributed by atoms with Crippen LogP contribution in [0.4, 0.5) is 0 Å². The number of pyridine rings is 1.